The van der Waals surface area contributed by atoms with Crippen LogP contribution in [0.1, 0.15) is 30.1 Å². The maximum atomic E-state index is 9.02. The Balaban J connectivity index is 1.80. The SMILES string of the molecule is OCc1ccc(-c2cnc(C3CCCN3)cn2)cc1. The second-order valence-electron chi connectivity index (χ2n) is 4.83. The molecule has 1 atom stereocenters. The maximum absolute atomic E-state index is 9.02. The third kappa shape index (κ3) is 2.64. The van der Waals surface area contributed by atoms with Crippen LogP contribution in [0.5, 0.6) is 0 Å². The largest absolute Gasteiger partial charge is 0.392 e. The van der Waals surface area contributed by atoms with Gasteiger partial charge in [0.25, 0.3) is 0 Å². The highest BCUT2D eigenvalue weighted by Crippen LogP contribution is 2.22. The van der Waals surface area contributed by atoms with Crippen molar-refractivity contribution in [1.29, 1.82) is 0 Å². The monoisotopic (exact) mass is 255 g/mol. The van der Waals surface area contributed by atoms with Crippen LogP contribution in [0.3, 0.4) is 0 Å². The first kappa shape index (κ1) is 12.3. The molecule has 3 rings (SSSR count). The van der Waals surface area contributed by atoms with Crippen molar-refractivity contribution in [3.8, 4) is 11.3 Å². The minimum absolute atomic E-state index is 0.0677. The van der Waals surface area contributed by atoms with E-state index < -0.39 is 0 Å². The van der Waals surface area contributed by atoms with Gasteiger partial charge in [0.05, 0.1) is 36.4 Å². The molecule has 1 aliphatic heterocycles. The molecule has 19 heavy (non-hydrogen) atoms. The van der Waals surface area contributed by atoms with E-state index in [0.717, 1.165) is 35.5 Å². The molecule has 0 saturated carbocycles. The number of nitrogens with one attached hydrogen (secondary N) is 1. The van der Waals surface area contributed by atoms with E-state index in [1.165, 1.54) is 6.42 Å². The van der Waals surface area contributed by atoms with Crippen LogP contribution < -0.4 is 5.32 Å². The number of benzene rings is 1. The summed E-state index contributed by atoms with van der Waals surface area (Å²) in [6.45, 7) is 1.13. The van der Waals surface area contributed by atoms with Crippen molar-refractivity contribution < 1.29 is 5.11 Å². The highest BCUT2D eigenvalue weighted by atomic mass is 16.3. The zero-order chi connectivity index (χ0) is 13.1. The van der Waals surface area contributed by atoms with E-state index in [-0.39, 0.29) is 6.61 Å². The number of aliphatic hydroxyl groups is 1. The molecule has 2 heterocycles. The van der Waals surface area contributed by atoms with Gasteiger partial charge in [0.15, 0.2) is 0 Å². The average Bonchev–Trinajstić information content (AvgIpc) is 3.02. The van der Waals surface area contributed by atoms with Gasteiger partial charge in [0, 0.05) is 5.56 Å². The van der Waals surface area contributed by atoms with E-state index >= 15 is 0 Å². The van der Waals surface area contributed by atoms with Crippen molar-refractivity contribution in [2.24, 2.45) is 0 Å². The van der Waals surface area contributed by atoms with Gasteiger partial charge >= 0.3 is 0 Å². The van der Waals surface area contributed by atoms with Crippen molar-refractivity contribution >= 4 is 0 Å². The normalized spacial score (nSPS) is 18.7. The molecule has 98 valence electrons. The summed E-state index contributed by atoms with van der Waals surface area (Å²) in [5.74, 6) is 0. The van der Waals surface area contributed by atoms with Crippen molar-refractivity contribution in [2.75, 3.05) is 6.54 Å². The molecular formula is C15H17N3O. The minimum Gasteiger partial charge on any atom is -0.392 e. The lowest BCUT2D eigenvalue weighted by molar-refractivity contribution is 0.282. The number of hydrogen-bond acceptors (Lipinski definition) is 4. The van der Waals surface area contributed by atoms with Crippen LogP contribution in [0, 0.1) is 0 Å². The van der Waals surface area contributed by atoms with E-state index in [1.807, 2.05) is 36.7 Å². The van der Waals surface area contributed by atoms with Gasteiger partial charge in [0.1, 0.15) is 0 Å². The van der Waals surface area contributed by atoms with Crippen LogP contribution in [0.2, 0.25) is 0 Å². The molecule has 4 nitrogen and oxygen atoms in total. The third-order valence-corrected chi connectivity index (χ3v) is 3.52. The molecule has 1 fully saturated rings. The van der Waals surface area contributed by atoms with E-state index in [4.69, 9.17) is 5.11 Å². The van der Waals surface area contributed by atoms with E-state index in [1.54, 1.807) is 0 Å². The lowest BCUT2D eigenvalue weighted by Gasteiger charge is -2.09. The zero-order valence-corrected chi connectivity index (χ0v) is 10.7. The fourth-order valence-electron chi connectivity index (χ4n) is 2.38. The lowest BCUT2D eigenvalue weighted by Crippen LogP contribution is -2.14. The predicted octanol–water partition coefficient (Wildman–Crippen LogP) is 2.06. The molecule has 0 aliphatic carbocycles. The molecule has 0 spiro atoms. The molecule has 0 amide bonds. The summed E-state index contributed by atoms with van der Waals surface area (Å²) in [4.78, 5) is 8.99. The molecule has 1 unspecified atom stereocenters. The Kier molecular flexibility index (Phi) is 3.53. The van der Waals surface area contributed by atoms with Crippen molar-refractivity contribution in [3.05, 3.63) is 47.9 Å². The molecule has 1 aromatic carbocycles. The van der Waals surface area contributed by atoms with Crippen molar-refractivity contribution in [1.82, 2.24) is 15.3 Å². The Morgan fingerprint density at radius 1 is 1.16 bits per heavy atom. The van der Waals surface area contributed by atoms with Crippen LogP contribution >= 0.6 is 0 Å². The Morgan fingerprint density at radius 2 is 2.00 bits per heavy atom. The molecule has 4 heteroatoms. The van der Waals surface area contributed by atoms with Gasteiger partial charge in [-0.3, -0.25) is 9.97 Å². The van der Waals surface area contributed by atoms with Crippen LogP contribution in [-0.2, 0) is 6.61 Å². The predicted molar refractivity (Wildman–Crippen MR) is 73.4 cm³/mol. The van der Waals surface area contributed by atoms with Gasteiger partial charge < -0.3 is 10.4 Å². The summed E-state index contributed by atoms with van der Waals surface area (Å²) in [7, 11) is 0. The third-order valence-electron chi connectivity index (χ3n) is 3.52. The Bertz CT molecular complexity index is 530. The van der Waals surface area contributed by atoms with Crippen LogP contribution in [0.4, 0.5) is 0 Å². The molecule has 2 N–H and O–H groups in total. The summed E-state index contributed by atoms with van der Waals surface area (Å²) in [6, 6.07) is 8.09. The van der Waals surface area contributed by atoms with E-state index in [9.17, 15) is 0 Å². The molecule has 0 radical (unpaired) electrons. The number of rotatable bonds is 3. The number of aliphatic hydroxyl groups excluding tert-OH is 1. The minimum atomic E-state index is 0.0677. The van der Waals surface area contributed by atoms with Gasteiger partial charge in [-0.1, -0.05) is 24.3 Å². The average molecular weight is 255 g/mol. The number of nitrogens with zero attached hydrogens (tertiary/aromatic N) is 2. The van der Waals surface area contributed by atoms with Crippen LogP contribution in [0.15, 0.2) is 36.7 Å². The molecular weight excluding hydrogens is 238 g/mol. The lowest BCUT2D eigenvalue weighted by atomic mass is 10.1. The van der Waals surface area contributed by atoms with Crippen LogP contribution in [0.25, 0.3) is 11.3 Å². The second-order valence-corrected chi connectivity index (χ2v) is 4.83. The van der Waals surface area contributed by atoms with Gasteiger partial charge in [-0.05, 0) is 24.9 Å². The quantitative estimate of drug-likeness (QED) is 0.881. The zero-order valence-electron chi connectivity index (χ0n) is 10.7. The fraction of sp³-hybridized carbons (Fsp3) is 0.333. The smallest absolute Gasteiger partial charge is 0.0885 e. The first-order valence-electron chi connectivity index (χ1n) is 6.62. The summed E-state index contributed by atoms with van der Waals surface area (Å²) in [5.41, 5.74) is 3.82. The van der Waals surface area contributed by atoms with Crippen LogP contribution in [-0.4, -0.2) is 21.6 Å². The molecule has 0 bridgehead atoms. The topological polar surface area (TPSA) is 58.0 Å². The summed E-state index contributed by atoms with van der Waals surface area (Å²) in [6.07, 6.45) is 6.03. The Labute approximate surface area is 112 Å². The highest BCUT2D eigenvalue weighted by molar-refractivity contribution is 5.58. The Morgan fingerprint density at radius 3 is 2.58 bits per heavy atom. The number of aromatic nitrogens is 2. The second kappa shape index (κ2) is 5.47. The molecule has 2 aromatic rings. The van der Waals surface area contributed by atoms with E-state index in [0.29, 0.717) is 6.04 Å². The molecule has 1 aliphatic rings. The van der Waals surface area contributed by atoms with Gasteiger partial charge in [-0.2, -0.15) is 0 Å². The summed E-state index contributed by atoms with van der Waals surface area (Å²) in [5, 5.41) is 12.4. The van der Waals surface area contributed by atoms with E-state index in [2.05, 4.69) is 15.3 Å². The summed E-state index contributed by atoms with van der Waals surface area (Å²) < 4.78 is 0. The highest BCUT2D eigenvalue weighted by Gasteiger charge is 2.17. The standard InChI is InChI=1S/C15H17N3O/c19-10-11-3-5-12(6-4-11)14-8-18-15(9-17-14)13-2-1-7-16-13/h3-6,8-9,13,16,19H,1-2,7,10H2. The molecule has 1 aromatic heterocycles. The first-order valence-corrected chi connectivity index (χ1v) is 6.62. The van der Waals surface area contributed by atoms with Gasteiger partial charge in [-0.25, -0.2) is 0 Å². The Hall–Kier alpha value is -1.78. The van der Waals surface area contributed by atoms with Crippen molar-refractivity contribution in [2.45, 2.75) is 25.5 Å². The molecule has 1 saturated heterocycles. The first-order chi connectivity index (χ1) is 9.36. The van der Waals surface area contributed by atoms with Gasteiger partial charge in [0.2, 0.25) is 0 Å². The maximum Gasteiger partial charge on any atom is 0.0885 e. The fourth-order valence-corrected chi connectivity index (χ4v) is 2.38. The van der Waals surface area contributed by atoms with Gasteiger partial charge in [-0.15, -0.1) is 0 Å². The number of hydrogen-bond donors (Lipinski definition) is 2. The van der Waals surface area contributed by atoms with Crippen molar-refractivity contribution in [3.63, 3.8) is 0 Å². The summed E-state index contributed by atoms with van der Waals surface area (Å²) >= 11 is 0.